The third kappa shape index (κ3) is 2.13. The van der Waals surface area contributed by atoms with Gasteiger partial charge in [-0.3, -0.25) is 9.78 Å². The van der Waals surface area contributed by atoms with Crippen LogP contribution in [0.2, 0.25) is 0 Å². The molecule has 20 heavy (non-hydrogen) atoms. The molecule has 0 spiro atoms. The smallest absolute Gasteiger partial charge is 0.167 e. The van der Waals surface area contributed by atoms with Gasteiger partial charge in [0.05, 0.1) is 7.11 Å². The molecule has 1 aliphatic carbocycles. The van der Waals surface area contributed by atoms with E-state index < -0.39 is 0 Å². The Balaban J connectivity index is 1.87. The maximum Gasteiger partial charge on any atom is 0.167 e. The highest BCUT2D eigenvalue weighted by Gasteiger charge is 2.31. The van der Waals surface area contributed by atoms with E-state index >= 15 is 0 Å². The van der Waals surface area contributed by atoms with Crippen molar-refractivity contribution in [2.24, 2.45) is 5.92 Å². The van der Waals surface area contributed by atoms with Crippen molar-refractivity contribution in [3.63, 3.8) is 0 Å². The molecule has 1 heterocycles. The van der Waals surface area contributed by atoms with E-state index in [-0.39, 0.29) is 17.5 Å². The summed E-state index contributed by atoms with van der Waals surface area (Å²) in [4.78, 5) is 16.5. The summed E-state index contributed by atoms with van der Waals surface area (Å²) in [6, 6.07) is 7.11. The molecule has 1 aromatic heterocycles. The zero-order chi connectivity index (χ0) is 14.1. The number of nitrogens with zero attached hydrogens (tertiary/aromatic N) is 1. The molecule has 2 aromatic rings. The molecule has 0 bridgehead atoms. The SMILES string of the molecule is COc1cc2c(cc1O)C(=O)C(Cc1cccnc1)C2. The minimum absolute atomic E-state index is 0.0154. The van der Waals surface area contributed by atoms with Crippen LogP contribution in [-0.4, -0.2) is 23.0 Å². The van der Waals surface area contributed by atoms with Crippen molar-refractivity contribution in [1.29, 1.82) is 0 Å². The van der Waals surface area contributed by atoms with E-state index in [9.17, 15) is 9.90 Å². The predicted molar refractivity (Wildman–Crippen MR) is 74.1 cm³/mol. The van der Waals surface area contributed by atoms with E-state index in [1.165, 1.54) is 13.2 Å². The van der Waals surface area contributed by atoms with Gasteiger partial charge in [0.1, 0.15) is 0 Å². The Labute approximate surface area is 117 Å². The van der Waals surface area contributed by atoms with Gasteiger partial charge in [0.25, 0.3) is 0 Å². The summed E-state index contributed by atoms with van der Waals surface area (Å²) in [6.45, 7) is 0. The number of phenols is 1. The molecule has 0 saturated heterocycles. The van der Waals surface area contributed by atoms with Crippen LogP contribution in [0.25, 0.3) is 0 Å². The molecule has 1 N–H and O–H groups in total. The molecule has 0 saturated carbocycles. The number of phenolic OH excluding ortho intramolecular Hbond substituents is 1. The Bertz CT molecular complexity index is 652. The first kappa shape index (κ1) is 12.7. The number of hydrogen-bond acceptors (Lipinski definition) is 4. The molecule has 1 aliphatic rings. The monoisotopic (exact) mass is 269 g/mol. The highest BCUT2D eigenvalue weighted by atomic mass is 16.5. The number of ketones is 1. The summed E-state index contributed by atoms with van der Waals surface area (Å²) in [5.74, 6) is 0.433. The van der Waals surface area contributed by atoms with E-state index in [0.29, 0.717) is 24.2 Å². The summed E-state index contributed by atoms with van der Waals surface area (Å²) in [5, 5.41) is 9.78. The molecule has 4 nitrogen and oxygen atoms in total. The summed E-state index contributed by atoms with van der Waals surface area (Å²) in [7, 11) is 1.51. The number of hydrogen-bond donors (Lipinski definition) is 1. The van der Waals surface area contributed by atoms with Gasteiger partial charge in [0.2, 0.25) is 0 Å². The van der Waals surface area contributed by atoms with Gasteiger partial charge in [-0.2, -0.15) is 0 Å². The van der Waals surface area contributed by atoms with Crippen LogP contribution in [0.5, 0.6) is 11.5 Å². The van der Waals surface area contributed by atoms with Crippen LogP contribution in [-0.2, 0) is 12.8 Å². The first-order valence-corrected chi connectivity index (χ1v) is 6.52. The van der Waals surface area contributed by atoms with Crippen LogP contribution in [0.15, 0.2) is 36.7 Å². The average molecular weight is 269 g/mol. The molecule has 0 amide bonds. The van der Waals surface area contributed by atoms with Crippen LogP contribution in [0.3, 0.4) is 0 Å². The van der Waals surface area contributed by atoms with Crippen LogP contribution in [0, 0.1) is 5.92 Å². The summed E-state index contributed by atoms with van der Waals surface area (Å²) in [6.07, 6.45) is 4.86. The Kier molecular flexibility index (Phi) is 3.14. The fraction of sp³-hybridized carbons (Fsp3) is 0.250. The predicted octanol–water partition coefficient (Wildman–Crippen LogP) is 2.39. The molecular weight excluding hydrogens is 254 g/mol. The third-order valence-electron chi connectivity index (χ3n) is 3.71. The van der Waals surface area contributed by atoms with E-state index in [1.54, 1.807) is 18.5 Å². The van der Waals surface area contributed by atoms with Crippen molar-refractivity contribution in [3.05, 3.63) is 53.3 Å². The normalized spacial score (nSPS) is 17.1. The fourth-order valence-electron chi connectivity index (χ4n) is 2.72. The number of Topliss-reactive ketones (excluding diaryl/α,β-unsaturated/α-hetero) is 1. The molecule has 4 heteroatoms. The minimum Gasteiger partial charge on any atom is -0.504 e. The molecule has 102 valence electrons. The summed E-state index contributed by atoms with van der Waals surface area (Å²) < 4.78 is 5.09. The minimum atomic E-state index is -0.0827. The summed E-state index contributed by atoms with van der Waals surface area (Å²) in [5.41, 5.74) is 2.60. The Morgan fingerprint density at radius 3 is 3.00 bits per heavy atom. The Morgan fingerprint density at radius 1 is 1.45 bits per heavy atom. The van der Waals surface area contributed by atoms with Gasteiger partial charge in [-0.05, 0) is 42.2 Å². The number of aromatic hydroxyl groups is 1. The van der Waals surface area contributed by atoms with Crippen LogP contribution in [0.4, 0.5) is 0 Å². The Morgan fingerprint density at radius 2 is 2.30 bits per heavy atom. The lowest BCUT2D eigenvalue weighted by Crippen LogP contribution is -2.12. The number of ether oxygens (including phenoxy) is 1. The fourth-order valence-corrected chi connectivity index (χ4v) is 2.72. The first-order chi connectivity index (χ1) is 9.69. The van der Waals surface area contributed by atoms with E-state index in [0.717, 1.165) is 11.1 Å². The number of benzene rings is 1. The van der Waals surface area contributed by atoms with Crippen molar-refractivity contribution in [2.45, 2.75) is 12.8 Å². The lowest BCUT2D eigenvalue weighted by molar-refractivity contribution is 0.0936. The van der Waals surface area contributed by atoms with Crippen molar-refractivity contribution >= 4 is 5.78 Å². The van der Waals surface area contributed by atoms with Gasteiger partial charge < -0.3 is 9.84 Å². The Hall–Kier alpha value is -2.36. The molecule has 1 unspecified atom stereocenters. The topological polar surface area (TPSA) is 59.4 Å². The van der Waals surface area contributed by atoms with Gasteiger partial charge in [0, 0.05) is 23.9 Å². The number of carbonyl (C=O) groups is 1. The molecule has 0 aliphatic heterocycles. The zero-order valence-electron chi connectivity index (χ0n) is 11.2. The highest BCUT2D eigenvalue weighted by molar-refractivity contribution is 6.03. The number of fused-ring (bicyclic) bond motifs is 1. The molecule has 0 radical (unpaired) electrons. The lowest BCUT2D eigenvalue weighted by Gasteiger charge is -2.06. The van der Waals surface area contributed by atoms with Gasteiger partial charge in [0.15, 0.2) is 17.3 Å². The van der Waals surface area contributed by atoms with Gasteiger partial charge in [-0.1, -0.05) is 6.07 Å². The maximum absolute atomic E-state index is 12.4. The largest absolute Gasteiger partial charge is 0.504 e. The van der Waals surface area contributed by atoms with Gasteiger partial charge in [-0.25, -0.2) is 0 Å². The number of carbonyl (C=O) groups excluding carboxylic acids is 1. The maximum atomic E-state index is 12.4. The first-order valence-electron chi connectivity index (χ1n) is 6.52. The summed E-state index contributed by atoms with van der Waals surface area (Å²) >= 11 is 0. The van der Waals surface area contributed by atoms with Crippen LogP contribution < -0.4 is 4.74 Å². The second-order valence-electron chi connectivity index (χ2n) is 5.01. The molecule has 3 rings (SSSR count). The molecule has 0 fully saturated rings. The highest BCUT2D eigenvalue weighted by Crippen LogP contribution is 2.36. The van der Waals surface area contributed by atoms with E-state index in [2.05, 4.69) is 4.98 Å². The number of rotatable bonds is 3. The van der Waals surface area contributed by atoms with E-state index in [1.807, 2.05) is 12.1 Å². The number of aromatic nitrogens is 1. The molecule has 1 aromatic carbocycles. The van der Waals surface area contributed by atoms with Gasteiger partial charge >= 0.3 is 0 Å². The van der Waals surface area contributed by atoms with Crippen molar-refractivity contribution in [1.82, 2.24) is 4.98 Å². The van der Waals surface area contributed by atoms with Crippen molar-refractivity contribution in [3.8, 4) is 11.5 Å². The average Bonchev–Trinajstić information content (AvgIpc) is 2.76. The van der Waals surface area contributed by atoms with Crippen LogP contribution >= 0.6 is 0 Å². The quantitative estimate of drug-likeness (QED) is 0.929. The second kappa shape index (κ2) is 4.96. The van der Waals surface area contributed by atoms with Crippen molar-refractivity contribution in [2.75, 3.05) is 7.11 Å². The number of pyridine rings is 1. The lowest BCUT2D eigenvalue weighted by atomic mass is 9.97. The van der Waals surface area contributed by atoms with Crippen molar-refractivity contribution < 1.29 is 14.6 Å². The van der Waals surface area contributed by atoms with E-state index in [4.69, 9.17) is 4.74 Å². The number of methoxy groups -OCH3 is 1. The van der Waals surface area contributed by atoms with Gasteiger partial charge in [-0.15, -0.1) is 0 Å². The standard InChI is InChI=1S/C16H15NO3/c1-20-15-7-11-6-12(5-10-3-2-4-17-9-10)16(19)13(11)8-14(15)18/h2-4,7-9,12,18H,5-6H2,1H3. The third-order valence-corrected chi connectivity index (χ3v) is 3.71. The zero-order valence-corrected chi connectivity index (χ0v) is 11.2. The van der Waals surface area contributed by atoms with Crippen LogP contribution in [0.1, 0.15) is 21.5 Å². The molecule has 1 atom stereocenters. The molecular formula is C16H15NO3. The second-order valence-corrected chi connectivity index (χ2v) is 5.01.